The van der Waals surface area contributed by atoms with Gasteiger partial charge in [-0.1, -0.05) is 58.0 Å². The van der Waals surface area contributed by atoms with Crippen molar-refractivity contribution < 1.29 is 14.4 Å². The van der Waals surface area contributed by atoms with Crippen LogP contribution >= 0.6 is 11.5 Å². The van der Waals surface area contributed by atoms with Crippen molar-refractivity contribution in [3.63, 3.8) is 0 Å². The predicted octanol–water partition coefficient (Wildman–Crippen LogP) is 0.636. The van der Waals surface area contributed by atoms with E-state index in [2.05, 4.69) is 6.58 Å². The van der Waals surface area contributed by atoms with E-state index in [1.807, 2.05) is 38.3 Å². The molecule has 0 atom stereocenters. The summed E-state index contributed by atoms with van der Waals surface area (Å²) in [4.78, 5) is 46.6. The van der Waals surface area contributed by atoms with Crippen molar-refractivity contribution in [3.05, 3.63) is 32.3 Å². The highest BCUT2D eigenvalue weighted by atomic mass is 32.1. The molecule has 1 fully saturated rings. The highest BCUT2D eigenvalue weighted by Gasteiger charge is 2.37. The summed E-state index contributed by atoms with van der Waals surface area (Å²) in [7, 11) is 0. The average Bonchev–Trinajstić information content (AvgIpc) is 2.83. The third kappa shape index (κ3) is 4.76. The lowest BCUT2D eigenvalue weighted by Crippen LogP contribution is -2.57. The van der Waals surface area contributed by atoms with Crippen molar-refractivity contribution in [2.75, 3.05) is 0 Å². The van der Waals surface area contributed by atoms with Crippen LogP contribution in [-0.4, -0.2) is 21.8 Å². The summed E-state index contributed by atoms with van der Waals surface area (Å²) < 4.78 is 1.44. The number of urea groups is 1. The van der Waals surface area contributed by atoms with E-state index in [1.165, 1.54) is 0 Å². The van der Waals surface area contributed by atoms with Crippen LogP contribution in [0.1, 0.15) is 40.7 Å². The van der Waals surface area contributed by atoms with Crippen LogP contribution in [0.4, 0.5) is 4.79 Å². The highest BCUT2D eigenvalue weighted by Crippen LogP contribution is 2.08. The smallest absolute Gasteiger partial charge is 0.275 e. The van der Waals surface area contributed by atoms with Gasteiger partial charge in [-0.15, -0.1) is 0 Å². The summed E-state index contributed by atoms with van der Waals surface area (Å²) in [6.45, 7) is 13.5. The number of nitrogens with one attached hydrogen (secondary N) is 2. The van der Waals surface area contributed by atoms with Gasteiger partial charge in [-0.05, 0) is 13.0 Å². The van der Waals surface area contributed by atoms with Gasteiger partial charge in [0.25, 0.3) is 17.4 Å². The summed E-state index contributed by atoms with van der Waals surface area (Å²) in [5.74, 6) is -1.67. The van der Waals surface area contributed by atoms with Gasteiger partial charge in [0.1, 0.15) is 0 Å². The van der Waals surface area contributed by atoms with Crippen molar-refractivity contribution in [2.45, 2.75) is 40.7 Å². The SMILES string of the molecule is C=c1sn(C2C(=O)NC(=O)NC2=O)c(=O)/c1=C/C=C\C.CC.CC. The number of barbiturate groups is 1. The van der Waals surface area contributed by atoms with Crippen LogP contribution in [0.2, 0.25) is 0 Å². The van der Waals surface area contributed by atoms with Gasteiger partial charge in [0.2, 0.25) is 6.04 Å². The topological polar surface area (TPSA) is 97.3 Å². The molecule has 0 aliphatic carbocycles. The maximum Gasteiger partial charge on any atom is 0.328 e. The van der Waals surface area contributed by atoms with E-state index >= 15 is 0 Å². The number of imide groups is 2. The van der Waals surface area contributed by atoms with Gasteiger partial charge in [-0.3, -0.25) is 25.0 Å². The van der Waals surface area contributed by atoms with E-state index in [0.717, 1.165) is 15.5 Å². The second kappa shape index (κ2) is 10.3. The molecule has 1 aromatic rings. The van der Waals surface area contributed by atoms with E-state index in [0.29, 0.717) is 9.75 Å². The number of amides is 4. The van der Waals surface area contributed by atoms with Crippen LogP contribution in [0.25, 0.3) is 12.7 Å². The first-order valence-corrected chi connectivity index (χ1v) is 8.42. The summed E-state index contributed by atoms with van der Waals surface area (Å²) in [5.41, 5.74) is -0.497. The Bertz CT molecular complexity index is 769. The molecule has 2 N–H and O–H groups in total. The molecule has 2 rings (SSSR count). The minimum Gasteiger partial charge on any atom is -0.275 e. The fraction of sp³-hybridized carbons (Fsp3) is 0.375. The van der Waals surface area contributed by atoms with Gasteiger partial charge >= 0.3 is 6.03 Å². The summed E-state index contributed by atoms with van der Waals surface area (Å²) in [5, 5.41) is 4.21. The summed E-state index contributed by atoms with van der Waals surface area (Å²) in [6, 6.07) is -2.28. The lowest BCUT2D eigenvalue weighted by Gasteiger charge is -2.20. The summed E-state index contributed by atoms with van der Waals surface area (Å²) in [6.07, 6.45) is 4.95. The lowest BCUT2D eigenvalue weighted by molar-refractivity contribution is -0.134. The minimum atomic E-state index is -1.39. The number of allylic oxidation sites excluding steroid dienone is 2. The van der Waals surface area contributed by atoms with Gasteiger partial charge in [-0.25, -0.2) is 8.75 Å². The second-order valence-corrected chi connectivity index (χ2v) is 5.03. The molecular formula is C16H23N3O4S. The first-order chi connectivity index (χ1) is 11.5. The first kappa shape index (κ1) is 21.5. The molecule has 4 amide bonds. The van der Waals surface area contributed by atoms with Crippen LogP contribution < -0.4 is 25.9 Å². The minimum absolute atomic E-state index is 0.311. The zero-order chi connectivity index (χ0) is 18.9. The standard InChI is InChI=1S/C12H11N3O4S.2C2H6/c1-3-4-5-7-6(2)20-15(11(7)18)8-9(16)13-12(19)14-10(8)17;2*1-2/h3-5,8H,2H2,1H3,(H2,13,14,16,17,19);2*1-2H3/b4-3-,7-5+;;. The molecule has 24 heavy (non-hydrogen) atoms. The van der Waals surface area contributed by atoms with Gasteiger partial charge in [0.15, 0.2) is 0 Å². The number of carbonyl (C=O) groups excluding carboxylic acids is 3. The maximum atomic E-state index is 12.2. The largest absolute Gasteiger partial charge is 0.328 e. The van der Waals surface area contributed by atoms with E-state index in [-0.39, 0.29) is 0 Å². The van der Waals surface area contributed by atoms with Crippen LogP contribution in [0, 0.1) is 0 Å². The molecule has 0 aromatic carbocycles. The molecule has 1 saturated heterocycles. The number of hydrogen-bond acceptors (Lipinski definition) is 5. The molecular weight excluding hydrogens is 330 g/mol. The fourth-order valence-corrected chi connectivity index (χ4v) is 2.67. The monoisotopic (exact) mass is 353 g/mol. The van der Waals surface area contributed by atoms with Gasteiger partial charge < -0.3 is 0 Å². The highest BCUT2D eigenvalue weighted by molar-refractivity contribution is 7.04. The second-order valence-electron chi connectivity index (χ2n) is 3.96. The quantitative estimate of drug-likeness (QED) is 0.762. The number of nitrogens with zero attached hydrogens (tertiary/aromatic N) is 1. The molecule has 0 saturated carbocycles. The van der Waals surface area contributed by atoms with E-state index in [9.17, 15) is 19.2 Å². The molecule has 2 heterocycles. The number of aromatic nitrogens is 1. The number of rotatable bonds is 2. The lowest BCUT2D eigenvalue weighted by atomic mass is 10.2. The molecule has 1 aliphatic heterocycles. The van der Waals surface area contributed by atoms with Crippen molar-refractivity contribution >= 4 is 42.0 Å². The van der Waals surface area contributed by atoms with E-state index in [1.54, 1.807) is 25.2 Å². The van der Waals surface area contributed by atoms with E-state index in [4.69, 9.17) is 0 Å². The summed E-state index contributed by atoms with van der Waals surface area (Å²) >= 11 is 0.902. The van der Waals surface area contributed by atoms with Crippen molar-refractivity contribution in [2.24, 2.45) is 0 Å². The van der Waals surface area contributed by atoms with Crippen LogP contribution in [0.3, 0.4) is 0 Å². The normalized spacial score (nSPS) is 15.2. The van der Waals surface area contributed by atoms with Gasteiger partial charge in [0.05, 0.1) is 9.75 Å². The Balaban J connectivity index is 0.00000123. The van der Waals surface area contributed by atoms with Gasteiger partial charge in [0, 0.05) is 0 Å². The molecule has 0 radical (unpaired) electrons. The molecule has 1 aliphatic rings. The third-order valence-corrected chi connectivity index (χ3v) is 3.61. The molecule has 0 spiro atoms. The Labute approximate surface area is 144 Å². The molecule has 1 aromatic heterocycles. The third-order valence-electron chi connectivity index (χ3n) is 2.60. The predicted molar refractivity (Wildman–Crippen MR) is 96.0 cm³/mol. The molecule has 8 heteroatoms. The Hall–Kier alpha value is -2.48. The Morgan fingerprint density at radius 3 is 2.00 bits per heavy atom. The molecule has 132 valence electrons. The molecule has 7 nitrogen and oxygen atoms in total. The molecule has 0 unspecified atom stereocenters. The number of carbonyl (C=O) groups is 3. The van der Waals surface area contributed by atoms with Crippen LogP contribution in [0.5, 0.6) is 0 Å². The molecule has 0 bridgehead atoms. The van der Waals surface area contributed by atoms with Crippen LogP contribution in [0.15, 0.2) is 16.9 Å². The Morgan fingerprint density at radius 1 is 1.04 bits per heavy atom. The zero-order valence-corrected chi connectivity index (χ0v) is 15.3. The Kier molecular flexibility index (Phi) is 9.26. The first-order valence-electron chi connectivity index (χ1n) is 7.65. The fourth-order valence-electron chi connectivity index (χ4n) is 1.70. The average molecular weight is 353 g/mol. The Morgan fingerprint density at radius 2 is 1.54 bits per heavy atom. The van der Waals surface area contributed by atoms with Gasteiger partial charge in [-0.2, -0.15) is 0 Å². The zero-order valence-electron chi connectivity index (χ0n) is 14.5. The maximum absolute atomic E-state index is 12.2. The van der Waals surface area contributed by atoms with Crippen molar-refractivity contribution in [1.82, 2.24) is 14.6 Å². The van der Waals surface area contributed by atoms with E-state index < -0.39 is 29.4 Å². The van der Waals surface area contributed by atoms with Crippen LogP contribution in [-0.2, 0) is 9.59 Å². The van der Waals surface area contributed by atoms with Crippen molar-refractivity contribution in [3.8, 4) is 0 Å². The number of hydrogen-bond donors (Lipinski definition) is 2. The van der Waals surface area contributed by atoms with Crippen molar-refractivity contribution in [1.29, 1.82) is 0 Å².